The molecule has 0 unspecified atom stereocenters. The van der Waals surface area contributed by atoms with Gasteiger partial charge in [0.25, 0.3) is 0 Å². The van der Waals surface area contributed by atoms with Crippen molar-refractivity contribution in [3.8, 4) is 0 Å². The van der Waals surface area contributed by atoms with E-state index in [1.54, 1.807) is 0 Å². The Balaban J connectivity index is 2.19. The summed E-state index contributed by atoms with van der Waals surface area (Å²) in [5, 5.41) is 0. The van der Waals surface area contributed by atoms with E-state index in [2.05, 4.69) is 6.92 Å². The van der Waals surface area contributed by atoms with E-state index in [9.17, 15) is 4.79 Å². The number of carbonyl (C=O) groups is 1. The van der Waals surface area contributed by atoms with Crippen LogP contribution in [0.2, 0.25) is 0 Å². The molecule has 0 bridgehead atoms. The Labute approximate surface area is 73.0 Å². The first kappa shape index (κ1) is 9.52. The number of unbranched alkanes of at least 4 members (excludes halogenated alkanes) is 1. The Hall–Kier alpha value is -0.570. The molecule has 2 atom stereocenters. The van der Waals surface area contributed by atoms with E-state index in [4.69, 9.17) is 9.47 Å². The Morgan fingerprint density at radius 3 is 2.92 bits per heavy atom. The number of hydrogen-bond donors (Lipinski definition) is 0. The average molecular weight is 172 g/mol. The van der Waals surface area contributed by atoms with Gasteiger partial charge in [0.1, 0.15) is 0 Å². The molecule has 3 nitrogen and oxygen atoms in total. The van der Waals surface area contributed by atoms with Crippen molar-refractivity contribution in [3.05, 3.63) is 0 Å². The number of cyclic esters (lactones) is 1. The Morgan fingerprint density at radius 2 is 2.42 bits per heavy atom. The van der Waals surface area contributed by atoms with Crippen LogP contribution in [-0.2, 0) is 14.3 Å². The van der Waals surface area contributed by atoms with E-state index in [-0.39, 0.29) is 18.2 Å². The van der Waals surface area contributed by atoms with Crippen molar-refractivity contribution >= 4 is 5.97 Å². The number of carbonyl (C=O) groups excluding carboxylic acids is 1. The van der Waals surface area contributed by atoms with Gasteiger partial charge >= 0.3 is 5.97 Å². The van der Waals surface area contributed by atoms with Gasteiger partial charge in [-0.25, -0.2) is 0 Å². The fraction of sp³-hybridized carbons (Fsp3) is 0.889. The molecule has 0 aromatic heterocycles. The van der Waals surface area contributed by atoms with E-state index < -0.39 is 0 Å². The quantitative estimate of drug-likeness (QED) is 0.478. The molecule has 0 spiro atoms. The summed E-state index contributed by atoms with van der Waals surface area (Å²) in [7, 11) is 0. The lowest BCUT2D eigenvalue weighted by molar-refractivity contribution is -0.166. The van der Waals surface area contributed by atoms with E-state index in [1.807, 2.05) is 6.92 Å². The zero-order chi connectivity index (χ0) is 8.97. The molecule has 1 heterocycles. The van der Waals surface area contributed by atoms with Crippen LogP contribution < -0.4 is 0 Å². The molecule has 3 heteroatoms. The zero-order valence-corrected chi connectivity index (χ0v) is 7.71. The molecule has 70 valence electrons. The van der Waals surface area contributed by atoms with Gasteiger partial charge in [-0.1, -0.05) is 20.3 Å². The first-order valence-electron chi connectivity index (χ1n) is 4.55. The predicted molar refractivity (Wildman–Crippen MR) is 44.5 cm³/mol. The number of esters is 1. The maximum Gasteiger partial charge on any atom is 0.308 e. The normalized spacial score (nSPS) is 29.0. The van der Waals surface area contributed by atoms with Gasteiger partial charge in [-0.15, -0.1) is 0 Å². The van der Waals surface area contributed by atoms with Gasteiger partial charge < -0.3 is 9.47 Å². The van der Waals surface area contributed by atoms with Crippen molar-refractivity contribution in [1.29, 1.82) is 0 Å². The molecule has 0 aliphatic carbocycles. The molecular weight excluding hydrogens is 156 g/mol. The topological polar surface area (TPSA) is 35.5 Å². The summed E-state index contributed by atoms with van der Waals surface area (Å²) in [5.41, 5.74) is 0. The molecule has 0 radical (unpaired) electrons. The van der Waals surface area contributed by atoms with Gasteiger partial charge in [0.2, 0.25) is 6.29 Å². The maximum atomic E-state index is 10.8. The first-order chi connectivity index (χ1) is 5.74. The van der Waals surface area contributed by atoms with Crippen LogP contribution in [0.4, 0.5) is 0 Å². The number of ether oxygens (including phenoxy) is 2. The summed E-state index contributed by atoms with van der Waals surface area (Å²) in [6, 6.07) is 0. The largest absolute Gasteiger partial charge is 0.435 e. The molecule has 0 N–H and O–H groups in total. The third-order valence-electron chi connectivity index (χ3n) is 1.98. The third kappa shape index (κ3) is 2.48. The van der Waals surface area contributed by atoms with E-state index in [0.717, 1.165) is 12.8 Å². The highest BCUT2D eigenvalue weighted by atomic mass is 16.7. The molecule has 1 saturated heterocycles. The number of hydrogen-bond acceptors (Lipinski definition) is 3. The van der Waals surface area contributed by atoms with Crippen LogP contribution in [0.1, 0.15) is 33.1 Å². The minimum Gasteiger partial charge on any atom is -0.435 e. The minimum absolute atomic E-state index is 0.135. The van der Waals surface area contributed by atoms with Crippen molar-refractivity contribution in [2.45, 2.75) is 39.4 Å². The highest BCUT2D eigenvalue weighted by Gasteiger charge is 2.31. The lowest BCUT2D eigenvalue weighted by Gasteiger charge is -2.13. The fourth-order valence-electron chi connectivity index (χ4n) is 1.20. The fourth-order valence-corrected chi connectivity index (χ4v) is 1.20. The van der Waals surface area contributed by atoms with Crippen LogP contribution in [0.5, 0.6) is 0 Å². The maximum absolute atomic E-state index is 10.8. The molecule has 1 aliphatic heterocycles. The monoisotopic (exact) mass is 172 g/mol. The van der Waals surface area contributed by atoms with Crippen LogP contribution in [-0.4, -0.2) is 18.9 Å². The van der Waals surface area contributed by atoms with E-state index in [0.29, 0.717) is 13.0 Å². The lowest BCUT2D eigenvalue weighted by atomic mass is 10.1. The van der Waals surface area contributed by atoms with E-state index >= 15 is 0 Å². The summed E-state index contributed by atoms with van der Waals surface area (Å²) in [4.78, 5) is 10.8. The Morgan fingerprint density at radius 1 is 1.67 bits per heavy atom. The highest BCUT2D eigenvalue weighted by molar-refractivity contribution is 5.71. The second-order valence-corrected chi connectivity index (χ2v) is 3.26. The second-order valence-electron chi connectivity index (χ2n) is 3.26. The first-order valence-corrected chi connectivity index (χ1v) is 4.55. The predicted octanol–water partition coefficient (Wildman–Crippen LogP) is 1.71. The van der Waals surface area contributed by atoms with Gasteiger partial charge in [0.15, 0.2) is 0 Å². The lowest BCUT2D eigenvalue weighted by Crippen LogP contribution is -2.18. The van der Waals surface area contributed by atoms with E-state index in [1.165, 1.54) is 0 Å². The summed E-state index contributed by atoms with van der Waals surface area (Å²) in [5.74, 6) is 0.0818. The Bertz CT molecular complexity index is 156. The highest BCUT2D eigenvalue weighted by Crippen LogP contribution is 2.22. The van der Waals surface area contributed by atoms with Gasteiger partial charge in [-0.3, -0.25) is 4.79 Å². The molecule has 0 amide bonds. The van der Waals surface area contributed by atoms with Crippen LogP contribution in [0.15, 0.2) is 0 Å². The Kier molecular flexibility index (Phi) is 3.53. The van der Waals surface area contributed by atoms with Gasteiger partial charge in [-0.2, -0.15) is 0 Å². The van der Waals surface area contributed by atoms with Crippen LogP contribution >= 0.6 is 0 Å². The zero-order valence-electron chi connectivity index (χ0n) is 7.71. The van der Waals surface area contributed by atoms with Crippen LogP contribution in [0.25, 0.3) is 0 Å². The van der Waals surface area contributed by atoms with Crippen molar-refractivity contribution in [2.24, 2.45) is 5.92 Å². The molecule has 0 saturated carbocycles. The van der Waals surface area contributed by atoms with Crippen LogP contribution in [0, 0.1) is 5.92 Å². The van der Waals surface area contributed by atoms with Gasteiger partial charge in [0, 0.05) is 5.92 Å². The van der Waals surface area contributed by atoms with Crippen molar-refractivity contribution in [1.82, 2.24) is 0 Å². The molecule has 12 heavy (non-hydrogen) atoms. The molecule has 0 aromatic rings. The summed E-state index contributed by atoms with van der Waals surface area (Å²) in [6.45, 7) is 4.77. The molecule has 1 aliphatic rings. The minimum atomic E-state index is -0.288. The summed E-state index contributed by atoms with van der Waals surface area (Å²) in [6.07, 6.45) is 2.34. The number of rotatable bonds is 4. The second kappa shape index (κ2) is 4.45. The molecule has 1 fully saturated rings. The average Bonchev–Trinajstić information content (AvgIpc) is 2.31. The third-order valence-corrected chi connectivity index (χ3v) is 1.98. The van der Waals surface area contributed by atoms with Gasteiger partial charge in [0.05, 0.1) is 13.0 Å². The van der Waals surface area contributed by atoms with Crippen LogP contribution in [0.3, 0.4) is 0 Å². The SMILES string of the molecule is CCCCO[C@@H]1OC(=O)C[C@@H]1C. The van der Waals surface area contributed by atoms with Crippen molar-refractivity contribution in [3.63, 3.8) is 0 Å². The molecule has 1 rings (SSSR count). The van der Waals surface area contributed by atoms with Gasteiger partial charge in [-0.05, 0) is 6.42 Å². The molecule has 0 aromatic carbocycles. The summed E-state index contributed by atoms with van der Waals surface area (Å²) >= 11 is 0. The molecular formula is C9H16O3. The smallest absolute Gasteiger partial charge is 0.308 e. The van der Waals surface area contributed by atoms with Crippen molar-refractivity contribution in [2.75, 3.05) is 6.61 Å². The standard InChI is InChI=1S/C9H16O3/c1-3-4-5-11-9-7(2)6-8(10)12-9/h7,9H,3-6H2,1-2H3/t7-,9+/m0/s1. The van der Waals surface area contributed by atoms with Crippen molar-refractivity contribution < 1.29 is 14.3 Å². The summed E-state index contributed by atoms with van der Waals surface area (Å²) < 4.78 is 10.3.